The molecule has 1 aliphatic rings. The molecule has 0 aliphatic carbocycles. The molecule has 0 saturated heterocycles. The SMILES string of the molecule is Cc1ccc(C(C)NCc2ccc(-c3ccc(Cl)c(C(=O)NC(Cc4ccc(C#N)cc4)CN4C(=O)c5ccccc5C4=O)c3)o2)cc1. The van der Waals surface area contributed by atoms with Gasteiger partial charge in [0.25, 0.3) is 17.7 Å². The van der Waals surface area contributed by atoms with Crippen LogP contribution in [0.3, 0.4) is 0 Å². The molecular formula is C39H33ClN4O4. The van der Waals surface area contributed by atoms with Crippen molar-refractivity contribution in [2.75, 3.05) is 6.54 Å². The number of nitrogens with one attached hydrogen (secondary N) is 2. The van der Waals surface area contributed by atoms with Gasteiger partial charge in [-0.3, -0.25) is 19.3 Å². The Bertz CT molecular complexity index is 1990. The fraction of sp³-hybridized carbons (Fsp3) is 0.179. The van der Waals surface area contributed by atoms with E-state index in [2.05, 4.69) is 54.8 Å². The van der Waals surface area contributed by atoms with Crippen LogP contribution in [0.5, 0.6) is 0 Å². The lowest BCUT2D eigenvalue weighted by Gasteiger charge is -2.24. The van der Waals surface area contributed by atoms with Crippen LogP contribution in [-0.4, -0.2) is 35.2 Å². The molecule has 2 atom stereocenters. The molecule has 6 rings (SSSR count). The summed E-state index contributed by atoms with van der Waals surface area (Å²) in [4.78, 5) is 41.3. The van der Waals surface area contributed by atoms with E-state index >= 15 is 0 Å². The number of carbonyl (C=O) groups excluding carboxylic acids is 3. The van der Waals surface area contributed by atoms with Crippen molar-refractivity contribution in [2.45, 2.75) is 38.9 Å². The highest BCUT2D eigenvalue weighted by molar-refractivity contribution is 6.34. The van der Waals surface area contributed by atoms with Crippen LogP contribution in [0.1, 0.15) is 72.1 Å². The number of fused-ring (bicyclic) bond motifs is 1. The van der Waals surface area contributed by atoms with Crippen molar-refractivity contribution in [1.29, 1.82) is 5.26 Å². The molecule has 0 spiro atoms. The van der Waals surface area contributed by atoms with Gasteiger partial charge in [0.05, 0.1) is 45.9 Å². The molecule has 4 aromatic carbocycles. The zero-order valence-corrected chi connectivity index (χ0v) is 27.3. The van der Waals surface area contributed by atoms with Gasteiger partial charge >= 0.3 is 0 Å². The highest BCUT2D eigenvalue weighted by atomic mass is 35.5. The fourth-order valence-corrected chi connectivity index (χ4v) is 5.96. The van der Waals surface area contributed by atoms with E-state index < -0.39 is 23.8 Å². The molecule has 0 bridgehead atoms. The lowest BCUT2D eigenvalue weighted by atomic mass is 10.0. The summed E-state index contributed by atoms with van der Waals surface area (Å²) in [6, 6.07) is 32.4. The van der Waals surface area contributed by atoms with Crippen LogP contribution >= 0.6 is 11.6 Å². The van der Waals surface area contributed by atoms with Crippen molar-refractivity contribution in [3.8, 4) is 17.4 Å². The van der Waals surface area contributed by atoms with Crippen LogP contribution in [-0.2, 0) is 13.0 Å². The van der Waals surface area contributed by atoms with Crippen LogP contribution in [0.2, 0.25) is 5.02 Å². The van der Waals surface area contributed by atoms with Crippen molar-refractivity contribution in [1.82, 2.24) is 15.5 Å². The fourth-order valence-electron chi connectivity index (χ4n) is 5.76. The van der Waals surface area contributed by atoms with Crippen molar-refractivity contribution >= 4 is 29.3 Å². The van der Waals surface area contributed by atoms with E-state index in [4.69, 9.17) is 16.0 Å². The second-order valence-corrected chi connectivity index (χ2v) is 12.3. The first-order valence-electron chi connectivity index (χ1n) is 15.6. The monoisotopic (exact) mass is 656 g/mol. The molecule has 9 heteroatoms. The first-order chi connectivity index (χ1) is 23.2. The van der Waals surface area contributed by atoms with Crippen LogP contribution in [0.25, 0.3) is 11.3 Å². The molecule has 0 radical (unpaired) electrons. The van der Waals surface area contributed by atoms with E-state index in [1.54, 1.807) is 66.7 Å². The summed E-state index contributed by atoms with van der Waals surface area (Å²) in [7, 11) is 0. The first-order valence-corrected chi connectivity index (χ1v) is 16.0. The maximum atomic E-state index is 13.8. The van der Waals surface area contributed by atoms with Crippen LogP contribution < -0.4 is 10.6 Å². The number of halogens is 1. The predicted molar refractivity (Wildman–Crippen MR) is 184 cm³/mol. The average Bonchev–Trinajstić information content (AvgIpc) is 3.67. The molecule has 1 aromatic heterocycles. The third-order valence-corrected chi connectivity index (χ3v) is 8.83. The molecule has 2 unspecified atom stereocenters. The molecule has 48 heavy (non-hydrogen) atoms. The van der Waals surface area contributed by atoms with Crippen LogP contribution in [0, 0.1) is 18.3 Å². The van der Waals surface area contributed by atoms with Crippen molar-refractivity contribution in [2.24, 2.45) is 0 Å². The minimum absolute atomic E-state index is 0.0506. The zero-order chi connectivity index (χ0) is 33.8. The maximum absolute atomic E-state index is 13.8. The Morgan fingerprint density at radius 2 is 1.60 bits per heavy atom. The quantitative estimate of drug-likeness (QED) is 0.145. The summed E-state index contributed by atoms with van der Waals surface area (Å²) in [6.45, 7) is 4.63. The summed E-state index contributed by atoms with van der Waals surface area (Å²) in [5, 5.41) is 15.9. The summed E-state index contributed by atoms with van der Waals surface area (Å²) in [6.07, 6.45) is 0.303. The number of hydrogen-bond acceptors (Lipinski definition) is 6. The second-order valence-electron chi connectivity index (χ2n) is 11.9. The lowest BCUT2D eigenvalue weighted by molar-refractivity contribution is 0.0628. The van der Waals surface area contributed by atoms with Gasteiger partial charge in [0.15, 0.2) is 0 Å². The third-order valence-electron chi connectivity index (χ3n) is 8.50. The van der Waals surface area contributed by atoms with Crippen LogP contribution in [0.15, 0.2) is 108 Å². The topological polar surface area (TPSA) is 115 Å². The Balaban J connectivity index is 1.19. The predicted octanol–water partition coefficient (Wildman–Crippen LogP) is 7.27. The molecule has 5 aromatic rings. The van der Waals surface area contributed by atoms with E-state index in [0.29, 0.717) is 41.0 Å². The standard InChI is InChI=1S/C39H33ClN4O4/c1-24-7-13-28(14-8-24)25(2)42-22-31-16-18-36(48-31)29-15-17-35(40)34(20-29)37(45)43-30(19-26-9-11-27(21-41)12-10-26)23-44-38(46)32-5-3-4-6-33(32)39(44)47/h3-18,20,25,30,42H,19,22-23H2,1-2H3,(H,43,45). The number of furan rings is 1. The van der Waals surface area contributed by atoms with Crippen molar-refractivity contribution in [3.05, 3.63) is 153 Å². The average molecular weight is 657 g/mol. The molecule has 0 fully saturated rings. The molecule has 0 saturated carbocycles. The van der Waals surface area contributed by atoms with Gasteiger partial charge in [0.2, 0.25) is 0 Å². The zero-order valence-electron chi connectivity index (χ0n) is 26.5. The Labute approximate surface area is 284 Å². The summed E-state index contributed by atoms with van der Waals surface area (Å²) in [5.41, 5.74) is 5.28. The van der Waals surface area contributed by atoms with E-state index in [9.17, 15) is 19.6 Å². The van der Waals surface area contributed by atoms with Gasteiger partial charge in [0, 0.05) is 18.2 Å². The van der Waals surface area contributed by atoms with Gasteiger partial charge in [-0.05, 0) is 86.0 Å². The first kappa shape index (κ1) is 32.5. The number of imide groups is 1. The number of aryl methyl sites for hydroxylation is 1. The van der Waals surface area contributed by atoms with Gasteiger partial charge in [-0.25, -0.2) is 0 Å². The second kappa shape index (κ2) is 14.1. The van der Waals surface area contributed by atoms with E-state index in [0.717, 1.165) is 16.2 Å². The molecule has 2 N–H and O–H groups in total. The van der Waals surface area contributed by atoms with Crippen molar-refractivity contribution < 1.29 is 18.8 Å². The van der Waals surface area contributed by atoms with E-state index in [-0.39, 0.29) is 23.2 Å². The number of rotatable bonds is 11. The van der Waals surface area contributed by atoms with E-state index in [1.165, 1.54) is 11.1 Å². The number of carbonyl (C=O) groups is 3. The Kier molecular flexibility index (Phi) is 9.53. The lowest BCUT2D eigenvalue weighted by Crippen LogP contribution is -2.47. The smallest absolute Gasteiger partial charge is 0.261 e. The van der Waals surface area contributed by atoms with Gasteiger partial charge in [0.1, 0.15) is 11.5 Å². The van der Waals surface area contributed by atoms with Gasteiger partial charge in [-0.1, -0.05) is 65.7 Å². The molecule has 3 amide bonds. The van der Waals surface area contributed by atoms with Gasteiger partial charge in [-0.15, -0.1) is 0 Å². The van der Waals surface area contributed by atoms with Crippen LogP contribution in [0.4, 0.5) is 0 Å². The minimum atomic E-state index is -0.649. The number of amides is 3. The molecule has 2 heterocycles. The highest BCUT2D eigenvalue weighted by Crippen LogP contribution is 2.28. The maximum Gasteiger partial charge on any atom is 0.261 e. The van der Waals surface area contributed by atoms with E-state index in [1.807, 2.05) is 12.1 Å². The number of nitriles is 1. The molecule has 1 aliphatic heterocycles. The number of benzene rings is 4. The minimum Gasteiger partial charge on any atom is -0.460 e. The molecule has 240 valence electrons. The number of nitrogens with zero attached hydrogens (tertiary/aromatic N) is 2. The third kappa shape index (κ3) is 7.08. The molecule has 8 nitrogen and oxygen atoms in total. The number of hydrogen-bond donors (Lipinski definition) is 2. The highest BCUT2D eigenvalue weighted by Gasteiger charge is 2.36. The Morgan fingerprint density at radius 3 is 2.27 bits per heavy atom. The summed E-state index contributed by atoms with van der Waals surface area (Å²) < 4.78 is 6.13. The largest absolute Gasteiger partial charge is 0.460 e. The Morgan fingerprint density at radius 1 is 0.917 bits per heavy atom. The van der Waals surface area contributed by atoms with Gasteiger partial charge < -0.3 is 15.1 Å². The Hall–Kier alpha value is -5.49. The van der Waals surface area contributed by atoms with Crippen molar-refractivity contribution in [3.63, 3.8) is 0 Å². The van der Waals surface area contributed by atoms with Gasteiger partial charge in [-0.2, -0.15) is 5.26 Å². The summed E-state index contributed by atoms with van der Waals surface area (Å²) in [5.74, 6) is 0.0450. The molecular weight excluding hydrogens is 624 g/mol. The summed E-state index contributed by atoms with van der Waals surface area (Å²) >= 11 is 6.54. The normalized spacial score (nSPS) is 13.6.